The molecule has 1 aromatic rings. The molecule has 5 heteroatoms. The van der Waals surface area contributed by atoms with Gasteiger partial charge in [0.25, 0.3) is 5.91 Å². The van der Waals surface area contributed by atoms with Gasteiger partial charge in [-0.1, -0.05) is 0 Å². The molecule has 2 saturated heterocycles. The first kappa shape index (κ1) is 14.0. The van der Waals surface area contributed by atoms with Crippen molar-refractivity contribution < 1.29 is 9.53 Å². The van der Waals surface area contributed by atoms with E-state index >= 15 is 0 Å². The van der Waals surface area contributed by atoms with Crippen molar-refractivity contribution in [1.82, 2.24) is 9.80 Å². The SMILES string of the molecule is Cc1ccc(CN2CC[C@H]3O[C@H](C(=O)N(C)C)C[C@H]32)s1. The van der Waals surface area contributed by atoms with Crippen LogP contribution in [0.3, 0.4) is 0 Å². The van der Waals surface area contributed by atoms with Crippen LogP contribution in [0.5, 0.6) is 0 Å². The Morgan fingerprint density at radius 3 is 2.95 bits per heavy atom. The van der Waals surface area contributed by atoms with Gasteiger partial charge < -0.3 is 9.64 Å². The molecule has 3 heterocycles. The maximum absolute atomic E-state index is 12.0. The van der Waals surface area contributed by atoms with E-state index in [1.807, 2.05) is 11.3 Å². The molecule has 0 aromatic carbocycles. The summed E-state index contributed by atoms with van der Waals surface area (Å²) in [7, 11) is 3.60. The molecule has 0 saturated carbocycles. The van der Waals surface area contributed by atoms with Crippen molar-refractivity contribution in [3.8, 4) is 0 Å². The molecule has 20 heavy (non-hydrogen) atoms. The smallest absolute Gasteiger partial charge is 0.251 e. The Labute approximate surface area is 124 Å². The largest absolute Gasteiger partial charge is 0.363 e. The van der Waals surface area contributed by atoms with Gasteiger partial charge in [-0.05, 0) is 25.5 Å². The minimum atomic E-state index is -0.243. The summed E-state index contributed by atoms with van der Waals surface area (Å²) in [6, 6.07) is 4.80. The van der Waals surface area contributed by atoms with Crippen LogP contribution in [0.2, 0.25) is 0 Å². The third-order valence-electron chi connectivity index (χ3n) is 4.26. The zero-order chi connectivity index (χ0) is 14.3. The van der Waals surface area contributed by atoms with Gasteiger partial charge in [0.1, 0.15) is 6.10 Å². The number of likely N-dealkylation sites (tertiary alicyclic amines) is 1. The Bertz CT molecular complexity index is 500. The van der Waals surface area contributed by atoms with E-state index < -0.39 is 0 Å². The molecular weight excluding hydrogens is 272 g/mol. The van der Waals surface area contributed by atoms with Crippen LogP contribution in [-0.4, -0.2) is 54.6 Å². The number of aryl methyl sites for hydroxylation is 1. The van der Waals surface area contributed by atoms with Crippen molar-refractivity contribution in [2.75, 3.05) is 20.6 Å². The Balaban J connectivity index is 1.64. The summed E-state index contributed by atoms with van der Waals surface area (Å²) in [5.74, 6) is 0.103. The first-order valence-electron chi connectivity index (χ1n) is 7.20. The van der Waals surface area contributed by atoms with E-state index in [4.69, 9.17) is 4.74 Å². The number of hydrogen-bond acceptors (Lipinski definition) is 4. The van der Waals surface area contributed by atoms with Crippen molar-refractivity contribution in [3.05, 3.63) is 21.9 Å². The van der Waals surface area contributed by atoms with Gasteiger partial charge in [-0.25, -0.2) is 0 Å². The van der Waals surface area contributed by atoms with Crippen LogP contribution < -0.4 is 0 Å². The third-order valence-corrected chi connectivity index (χ3v) is 5.25. The summed E-state index contributed by atoms with van der Waals surface area (Å²) in [5.41, 5.74) is 0. The molecule has 3 atom stereocenters. The number of likely N-dealkylation sites (N-methyl/N-ethyl adjacent to an activating group) is 1. The number of hydrogen-bond donors (Lipinski definition) is 0. The number of carbonyl (C=O) groups excluding carboxylic acids is 1. The van der Waals surface area contributed by atoms with Crippen molar-refractivity contribution >= 4 is 17.2 Å². The Hall–Kier alpha value is -0.910. The minimum absolute atomic E-state index is 0.103. The summed E-state index contributed by atoms with van der Waals surface area (Å²) in [4.78, 5) is 18.9. The molecule has 0 bridgehead atoms. The molecule has 0 spiro atoms. The number of carbonyl (C=O) groups is 1. The molecule has 0 N–H and O–H groups in total. The van der Waals surface area contributed by atoms with Gasteiger partial charge in [-0.2, -0.15) is 0 Å². The average molecular weight is 294 g/mol. The molecule has 0 radical (unpaired) electrons. The number of fused-ring (bicyclic) bond motifs is 1. The highest BCUT2D eigenvalue weighted by Crippen LogP contribution is 2.35. The van der Waals surface area contributed by atoms with E-state index in [0.29, 0.717) is 6.04 Å². The van der Waals surface area contributed by atoms with Gasteiger partial charge in [0.2, 0.25) is 0 Å². The van der Waals surface area contributed by atoms with Gasteiger partial charge in [-0.15, -0.1) is 11.3 Å². The van der Waals surface area contributed by atoms with E-state index in [0.717, 1.165) is 25.9 Å². The zero-order valence-electron chi connectivity index (χ0n) is 12.3. The van der Waals surface area contributed by atoms with Crippen LogP contribution in [-0.2, 0) is 16.1 Å². The molecule has 0 unspecified atom stereocenters. The van der Waals surface area contributed by atoms with Crippen LogP contribution in [0.1, 0.15) is 22.6 Å². The molecule has 2 aliphatic rings. The lowest BCUT2D eigenvalue weighted by Crippen LogP contribution is -2.35. The van der Waals surface area contributed by atoms with Crippen LogP contribution in [0, 0.1) is 6.92 Å². The lowest BCUT2D eigenvalue weighted by atomic mass is 10.1. The maximum Gasteiger partial charge on any atom is 0.251 e. The Morgan fingerprint density at radius 2 is 2.30 bits per heavy atom. The lowest BCUT2D eigenvalue weighted by Gasteiger charge is -2.22. The van der Waals surface area contributed by atoms with Crippen LogP contribution in [0.4, 0.5) is 0 Å². The minimum Gasteiger partial charge on any atom is -0.363 e. The van der Waals surface area contributed by atoms with Crippen molar-refractivity contribution in [1.29, 1.82) is 0 Å². The Kier molecular flexibility index (Phi) is 3.84. The number of nitrogens with zero attached hydrogens (tertiary/aromatic N) is 2. The summed E-state index contributed by atoms with van der Waals surface area (Å²) >= 11 is 1.86. The second kappa shape index (κ2) is 5.47. The molecule has 4 nitrogen and oxygen atoms in total. The van der Waals surface area contributed by atoms with Crippen LogP contribution >= 0.6 is 11.3 Å². The summed E-state index contributed by atoms with van der Waals surface area (Å²) in [6.07, 6.45) is 1.89. The molecule has 2 aliphatic heterocycles. The van der Waals surface area contributed by atoms with Gasteiger partial charge in [0, 0.05) is 49.4 Å². The van der Waals surface area contributed by atoms with E-state index in [-0.39, 0.29) is 18.1 Å². The molecular formula is C15H22N2O2S. The Morgan fingerprint density at radius 1 is 1.50 bits per heavy atom. The highest BCUT2D eigenvalue weighted by molar-refractivity contribution is 7.11. The topological polar surface area (TPSA) is 32.8 Å². The van der Waals surface area contributed by atoms with Gasteiger partial charge >= 0.3 is 0 Å². The monoisotopic (exact) mass is 294 g/mol. The number of rotatable bonds is 3. The summed E-state index contributed by atoms with van der Waals surface area (Å²) in [5, 5.41) is 0. The molecule has 2 fully saturated rings. The van der Waals surface area contributed by atoms with E-state index in [2.05, 4.69) is 24.0 Å². The van der Waals surface area contributed by atoms with Gasteiger partial charge in [-0.3, -0.25) is 9.69 Å². The molecule has 110 valence electrons. The predicted molar refractivity (Wildman–Crippen MR) is 79.8 cm³/mol. The van der Waals surface area contributed by atoms with Crippen molar-refractivity contribution in [2.24, 2.45) is 0 Å². The van der Waals surface area contributed by atoms with Crippen LogP contribution in [0.15, 0.2) is 12.1 Å². The first-order valence-corrected chi connectivity index (χ1v) is 8.02. The van der Waals surface area contributed by atoms with E-state index in [1.165, 1.54) is 9.75 Å². The zero-order valence-corrected chi connectivity index (χ0v) is 13.2. The standard InChI is InChI=1S/C15H22N2O2S/c1-10-4-5-11(20-10)9-17-7-6-13-12(17)8-14(19-13)15(18)16(2)3/h4-5,12-14H,6-9H2,1-3H3/t12-,13-,14+/m1/s1. The third kappa shape index (κ3) is 2.62. The van der Waals surface area contributed by atoms with E-state index in [1.54, 1.807) is 19.0 Å². The fourth-order valence-corrected chi connectivity index (χ4v) is 4.16. The highest BCUT2D eigenvalue weighted by Gasteiger charge is 2.45. The quantitative estimate of drug-likeness (QED) is 0.853. The second-order valence-corrected chi connectivity index (χ2v) is 7.34. The normalized spacial score (nSPS) is 29.6. The summed E-state index contributed by atoms with van der Waals surface area (Å²) < 4.78 is 5.95. The van der Waals surface area contributed by atoms with E-state index in [9.17, 15) is 4.79 Å². The number of amides is 1. The number of thiophene rings is 1. The van der Waals surface area contributed by atoms with Crippen LogP contribution in [0.25, 0.3) is 0 Å². The lowest BCUT2D eigenvalue weighted by molar-refractivity contribution is -0.140. The second-order valence-electron chi connectivity index (χ2n) is 5.97. The molecule has 1 aromatic heterocycles. The van der Waals surface area contributed by atoms with Crippen molar-refractivity contribution in [3.63, 3.8) is 0 Å². The fraction of sp³-hybridized carbons (Fsp3) is 0.667. The van der Waals surface area contributed by atoms with Gasteiger partial charge in [0.15, 0.2) is 0 Å². The van der Waals surface area contributed by atoms with Gasteiger partial charge in [0.05, 0.1) is 6.10 Å². The summed E-state index contributed by atoms with van der Waals surface area (Å²) in [6.45, 7) is 4.21. The maximum atomic E-state index is 12.0. The highest BCUT2D eigenvalue weighted by atomic mass is 32.1. The average Bonchev–Trinajstić information content (AvgIpc) is 3.06. The number of ether oxygens (including phenoxy) is 1. The molecule has 0 aliphatic carbocycles. The molecule has 1 amide bonds. The first-order chi connectivity index (χ1) is 9.54. The fourth-order valence-electron chi connectivity index (χ4n) is 3.25. The predicted octanol–water partition coefficient (Wildman–Crippen LogP) is 1.88. The van der Waals surface area contributed by atoms with Crippen molar-refractivity contribution in [2.45, 2.75) is 44.6 Å². The molecule has 3 rings (SSSR count).